The number of piperazine rings is 1. The van der Waals surface area contributed by atoms with Gasteiger partial charge < -0.3 is 10.0 Å². The summed E-state index contributed by atoms with van der Waals surface area (Å²) in [6.07, 6.45) is 7.19. The number of aliphatic hydroxyl groups excluding tert-OH is 1. The van der Waals surface area contributed by atoms with Crippen LogP contribution >= 0.6 is 0 Å². The monoisotopic (exact) mass is 372 g/mol. The molecule has 2 N–H and O–H groups in total. The van der Waals surface area contributed by atoms with Gasteiger partial charge >= 0.3 is 0 Å². The number of aliphatic hydroxyl groups is 1. The number of hydrogen-bond donors (Lipinski definition) is 2. The topological polar surface area (TPSA) is 86.0 Å². The zero-order valence-corrected chi connectivity index (χ0v) is 15.8. The van der Waals surface area contributed by atoms with Crippen molar-refractivity contribution in [1.82, 2.24) is 19.4 Å². The number of anilines is 1. The molecule has 2 aliphatic heterocycles. The Morgan fingerprint density at radius 1 is 1.26 bits per heavy atom. The minimum Gasteiger partial charge on any atom is -0.395 e. The first kappa shape index (κ1) is 18.2. The number of nitrogens with one attached hydrogen (secondary N) is 1. The highest BCUT2D eigenvalue weighted by Crippen LogP contribution is 2.33. The standard InChI is InChI=1S/C19H28N6O2/c1-14-13-16(27)25-17(15-5-3-2-4-6-15)21-18(22-19(25)20-14)24-9-7-23(8-10-24)11-12-26/h2-3,13,15,17,26H,4-12H2,1H3,(H,20,21,22)/t15-,17-/m1/s1. The SMILES string of the molecule is Cc1cc(=O)n2c(n1)NC(N1CCN(CCO)CC1)=N[C@H]2[C@@H]1CC=CCC1. The summed E-state index contributed by atoms with van der Waals surface area (Å²) in [5, 5.41) is 12.4. The Labute approximate surface area is 159 Å². The minimum absolute atomic E-state index is 0.0416. The largest absolute Gasteiger partial charge is 0.395 e. The second-order valence-electron chi connectivity index (χ2n) is 7.52. The molecule has 1 fully saturated rings. The lowest BCUT2D eigenvalue weighted by Crippen LogP contribution is -2.53. The van der Waals surface area contributed by atoms with E-state index in [0.29, 0.717) is 18.4 Å². The highest BCUT2D eigenvalue weighted by atomic mass is 16.3. The predicted molar refractivity (Wildman–Crippen MR) is 105 cm³/mol. The highest BCUT2D eigenvalue weighted by Gasteiger charge is 2.32. The average Bonchev–Trinajstić information content (AvgIpc) is 2.68. The fraction of sp³-hybridized carbons (Fsp3) is 0.632. The van der Waals surface area contributed by atoms with Gasteiger partial charge in [0.1, 0.15) is 6.17 Å². The molecule has 0 aromatic carbocycles. The number of aryl methyl sites for hydroxylation is 1. The molecule has 1 saturated heterocycles. The van der Waals surface area contributed by atoms with Gasteiger partial charge in [-0.3, -0.25) is 19.6 Å². The van der Waals surface area contributed by atoms with Gasteiger partial charge in [-0.05, 0) is 26.2 Å². The number of fused-ring (bicyclic) bond motifs is 1. The summed E-state index contributed by atoms with van der Waals surface area (Å²) in [4.78, 5) is 26.8. The fourth-order valence-electron chi connectivity index (χ4n) is 4.15. The van der Waals surface area contributed by atoms with Gasteiger partial charge in [0.05, 0.1) is 6.61 Å². The third-order valence-electron chi connectivity index (χ3n) is 5.64. The third-order valence-corrected chi connectivity index (χ3v) is 5.64. The van der Waals surface area contributed by atoms with E-state index >= 15 is 0 Å². The van der Waals surface area contributed by atoms with Crippen LogP contribution in [0.2, 0.25) is 0 Å². The van der Waals surface area contributed by atoms with Crippen LogP contribution in [0.5, 0.6) is 0 Å². The third kappa shape index (κ3) is 3.77. The molecule has 8 nitrogen and oxygen atoms in total. The highest BCUT2D eigenvalue weighted by molar-refractivity contribution is 5.93. The molecule has 1 aromatic rings. The van der Waals surface area contributed by atoms with E-state index in [-0.39, 0.29) is 18.3 Å². The van der Waals surface area contributed by atoms with E-state index < -0.39 is 0 Å². The normalized spacial score (nSPS) is 25.7. The van der Waals surface area contributed by atoms with Crippen molar-refractivity contribution < 1.29 is 5.11 Å². The van der Waals surface area contributed by atoms with E-state index in [4.69, 9.17) is 10.1 Å². The van der Waals surface area contributed by atoms with Crippen LogP contribution in [0.15, 0.2) is 28.0 Å². The molecule has 2 atom stereocenters. The number of hydrogen-bond acceptors (Lipinski definition) is 7. The molecule has 1 aromatic heterocycles. The predicted octanol–water partition coefficient (Wildman–Crippen LogP) is 0.798. The summed E-state index contributed by atoms with van der Waals surface area (Å²) in [7, 11) is 0. The van der Waals surface area contributed by atoms with Crippen LogP contribution in [0.25, 0.3) is 0 Å². The molecule has 3 aliphatic rings. The van der Waals surface area contributed by atoms with Gasteiger partial charge in [0, 0.05) is 50.4 Å². The first-order valence-corrected chi connectivity index (χ1v) is 9.84. The molecule has 0 bridgehead atoms. The molecule has 146 valence electrons. The Hall–Kier alpha value is -2.19. The van der Waals surface area contributed by atoms with Crippen molar-refractivity contribution in [2.75, 3.05) is 44.6 Å². The second-order valence-corrected chi connectivity index (χ2v) is 7.52. The molecule has 0 unspecified atom stereocenters. The van der Waals surface area contributed by atoms with Crippen molar-refractivity contribution in [3.8, 4) is 0 Å². The number of aliphatic imine (C=N–C) groups is 1. The number of aromatic nitrogens is 2. The van der Waals surface area contributed by atoms with E-state index in [9.17, 15) is 4.79 Å². The first-order chi connectivity index (χ1) is 13.2. The molecule has 8 heteroatoms. The van der Waals surface area contributed by atoms with Crippen LogP contribution in [0.3, 0.4) is 0 Å². The summed E-state index contributed by atoms with van der Waals surface area (Å²) in [6, 6.07) is 1.59. The van der Waals surface area contributed by atoms with Crippen LogP contribution in [0.1, 0.15) is 31.1 Å². The molecule has 0 radical (unpaired) electrons. The molecule has 0 amide bonds. The summed E-state index contributed by atoms with van der Waals surface area (Å²) in [5.41, 5.74) is 0.676. The van der Waals surface area contributed by atoms with Crippen molar-refractivity contribution >= 4 is 11.9 Å². The summed E-state index contributed by atoms with van der Waals surface area (Å²) < 4.78 is 1.72. The average molecular weight is 372 g/mol. The smallest absolute Gasteiger partial charge is 0.256 e. The molecular formula is C19H28N6O2. The van der Waals surface area contributed by atoms with Gasteiger partial charge in [-0.2, -0.15) is 0 Å². The number of allylic oxidation sites excluding steroid dienone is 2. The molecule has 27 heavy (non-hydrogen) atoms. The van der Waals surface area contributed by atoms with Crippen LogP contribution in [-0.2, 0) is 0 Å². The zero-order valence-electron chi connectivity index (χ0n) is 15.8. The Kier molecular flexibility index (Phi) is 5.27. The van der Waals surface area contributed by atoms with E-state index in [2.05, 4.69) is 32.3 Å². The Morgan fingerprint density at radius 3 is 2.78 bits per heavy atom. The van der Waals surface area contributed by atoms with Crippen molar-refractivity contribution in [3.63, 3.8) is 0 Å². The maximum absolute atomic E-state index is 12.7. The number of β-amino-alcohol motifs (C(OH)–C–C–N with tert-alkyl or cyclic N) is 1. The van der Waals surface area contributed by atoms with Gasteiger partial charge in [0.15, 0.2) is 0 Å². The van der Waals surface area contributed by atoms with Gasteiger partial charge in [-0.1, -0.05) is 12.2 Å². The van der Waals surface area contributed by atoms with E-state index in [0.717, 1.165) is 57.1 Å². The lowest BCUT2D eigenvalue weighted by molar-refractivity contribution is 0.146. The van der Waals surface area contributed by atoms with Crippen LogP contribution in [0, 0.1) is 12.8 Å². The quantitative estimate of drug-likeness (QED) is 0.764. The maximum Gasteiger partial charge on any atom is 0.256 e. The van der Waals surface area contributed by atoms with Crippen LogP contribution < -0.4 is 10.9 Å². The number of rotatable bonds is 3. The molecule has 1 aliphatic carbocycles. The molecule has 0 saturated carbocycles. The number of nitrogens with zero attached hydrogens (tertiary/aromatic N) is 5. The Balaban J connectivity index is 1.62. The van der Waals surface area contributed by atoms with Gasteiger partial charge in [-0.25, -0.2) is 9.98 Å². The minimum atomic E-state index is -0.211. The maximum atomic E-state index is 12.7. The number of guanidine groups is 1. The summed E-state index contributed by atoms with van der Waals surface area (Å²) >= 11 is 0. The molecule has 4 rings (SSSR count). The van der Waals surface area contributed by atoms with E-state index in [1.807, 2.05) is 6.92 Å². The van der Waals surface area contributed by atoms with Crippen molar-refractivity contribution in [2.45, 2.75) is 32.4 Å². The molecule has 0 spiro atoms. The zero-order chi connectivity index (χ0) is 18.8. The Morgan fingerprint density at radius 2 is 2.07 bits per heavy atom. The van der Waals surface area contributed by atoms with E-state index in [1.165, 1.54) is 0 Å². The van der Waals surface area contributed by atoms with Crippen molar-refractivity contribution in [2.24, 2.45) is 10.9 Å². The second kappa shape index (κ2) is 7.82. The molecule has 3 heterocycles. The van der Waals surface area contributed by atoms with Gasteiger partial charge in [0.25, 0.3) is 5.56 Å². The lowest BCUT2D eigenvalue weighted by atomic mass is 9.91. The van der Waals surface area contributed by atoms with Crippen molar-refractivity contribution in [1.29, 1.82) is 0 Å². The molecular weight excluding hydrogens is 344 g/mol. The fourth-order valence-corrected chi connectivity index (χ4v) is 4.15. The van der Waals surface area contributed by atoms with E-state index in [1.54, 1.807) is 10.6 Å². The summed E-state index contributed by atoms with van der Waals surface area (Å²) in [5.74, 6) is 1.72. The van der Waals surface area contributed by atoms with Gasteiger partial charge in [0.2, 0.25) is 11.9 Å². The lowest BCUT2D eigenvalue weighted by Gasteiger charge is -2.39. The summed E-state index contributed by atoms with van der Waals surface area (Å²) in [6.45, 7) is 6.23. The van der Waals surface area contributed by atoms with Gasteiger partial charge in [-0.15, -0.1) is 0 Å². The van der Waals surface area contributed by atoms with Crippen LogP contribution in [-0.4, -0.2) is 69.7 Å². The Bertz CT molecular complexity index is 794. The van der Waals surface area contributed by atoms with Crippen LogP contribution in [0.4, 0.5) is 5.95 Å². The first-order valence-electron chi connectivity index (χ1n) is 9.84. The van der Waals surface area contributed by atoms with Crippen molar-refractivity contribution in [3.05, 3.63) is 34.3 Å².